The van der Waals surface area contributed by atoms with Crippen molar-refractivity contribution in [1.82, 2.24) is 14.7 Å². The number of likely N-dealkylation sites (N-methyl/N-ethyl adjacent to an activating group) is 1. The van der Waals surface area contributed by atoms with Gasteiger partial charge in [0.05, 0.1) is 31.6 Å². The van der Waals surface area contributed by atoms with Crippen molar-refractivity contribution in [3.05, 3.63) is 11.9 Å². The monoisotopic (exact) mass is 258 g/mol. The van der Waals surface area contributed by atoms with Crippen molar-refractivity contribution in [2.75, 3.05) is 39.8 Å². The van der Waals surface area contributed by atoms with Crippen LogP contribution in [0, 0.1) is 0 Å². The molecule has 0 aliphatic rings. The number of hydrogen-bond acceptors (Lipinski definition) is 5. The zero-order valence-electron chi connectivity index (χ0n) is 11.0. The fourth-order valence-corrected chi connectivity index (χ4v) is 2.16. The summed E-state index contributed by atoms with van der Waals surface area (Å²) in [6.07, 6.45) is 3.79. The standard InChI is InChI=1S/C11H22N4OS/c1-14(2)5-6-15-11(9(12)8-17-4)10(16-3)7-13-15/h7,9H,5-6,8,12H2,1-4H3. The molecule has 1 aromatic rings. The van der Waals surface area contributed by atoms with Gasteiger partial charge in [-0.1, -0.05) is 0 Å². The van der Waals surface area contributed by atoms with Crippen LogP contribution in [0.5, 0.6) is 5.75 Å². The summed E-state index contributed by atoms with van der Waals surface area (Å²) < 4.78 is 7.26. The third kappa shape index (κ3) is 3.90. The van der Waals surface area contributed by atoms with Gasteiger partial charge in [0.2, 0.25) is 0 Å². The summed E-state index contributed by atoms with van der Waals surface area (Å²) in [5, 5.41) is 4.34. The molecule has 1 aromatic heterocycles. The molecule has 5 nitrogen and oxygen atoms in total. The van der Waals surface area contributed by atoms with E-state index in [-0.39, 0.29) is 6.04 Å². The van der Waals surface area contributed by atoms with Gasteiger partial charge in [0.25, 0.3) is 0 Å². The van der Waals surface area contributed by atoms with E-state index in [9.17, 15) is 0 Å². The SMILES string of the molecule is COc1cnn(CCN(C)C)c1C(N)CSC. The van der Waals surface area contributed by atoms with Crippen molar-refractivity contribution in [1.29, 1.82) is 0 Å². The number of aromatic nitrogens is 2. The first-order valence-electron chi connectivity index (χ1n) is 5.59. The maximum atomic E-state index is 6.16. The molecule has 0 spiro atoms. The van der Waals surface area contributed by atoms with Crippen molar-refractivity contribution in [2.45, 2.75) is 12.6 Å². The summed E-state index contributed by atoms with van der Waals surface area (Å²) in [6.45, 7) is 1.76. The molecule has 1 rings (SSSR count). The van der Waals surface area contributed by atoms with E-state index >= 15 is 0 Å². The highest BCUT2D eigenvalue weighted by molar-refractivity contribution is 7.98. The molecule has 0 bridgehead atoms. The first-order valence-corrected chi connectivity index (χ1v) is 6.98. The number of methoxy groups -OCH3 is 1. The third-order valence-electron chi connectivity index (χ3n) is 2.52. The fourth-order valence-electron chi connectivity index (χ4n) is 1.64. The molecule has 0 aliphatic carbocycles. The van der Waals surface area contributed by atoms with Gasteiger partial charge in [-0.25, -0.2) is 0 Å². The van der Waals surface area contributed by atoms with E-state index in [0.29, 0.717) is 0 Å². The van der Waals surface area contributed by atoms with Crippen LogP contribution >= 0.6 is 11.8 Å². The molecule has 0 saturated heterocycles. The van der Waals surface area contributed by atoms with Crippen molar-refractivity contribution in [3.63, 3.8) is 0 Å². The first-order chi connectivity index (χ1) is 8.10. The maximum absolute atomic E-state index is 6.16. The van der Waals surface area contributed by atoms with Crippen LogP contribution in [0.4, 0.5) is 0 Å². The Balaban J connectivity index is 2.85. The Hall–Kier alpha value is -0.720. The quantitative estimate of drug-likeness (QED) is 0.784. The van der Waals surface area contributed by atoms with Crippen molar-refractivity contribution >= 4 is 11.8 Å². The number of thioether (sulfide) groups is 1. The van der Waals surface area contributed by atoms with Gasteiger partial charge in [0.1, 0.15) is 0 Å². The smallest absolute Gasteiger partial charge is 0.161 e. The van der Waals surface area contributed by atoms with Crippen molar-refractivity contribution in [3.8, 4) is 5.75 Å². The average Bonchev–Trinajstić information content (AvgIpc) is 2.69. The highest BCUT2D eigenvalue weighted by atomic mass is 32.2. The van der Waals surface area contributed by atoms with Crippen LogP contribution in [0.25, 0.3) is 0 Å². The van der Waals surface area contributed by atoms with E-state index in [1.54, 1.807) is 25.1 Å². The molecule has 0 saturated carbocycles. The first kappa shape index (κ1) is 14.3. The molecule has 2 N–H and O–H groups in total. The molecule has 6 heteroatoms. The van der Waals surface area contributed by atoms with Crippen LogP contribution in [-0.2, 0) is 6.54 Å². The normalized spacial score (nSPS) is 13.1. The number of rotatable bonds is 7. The second kappa shape index (κ2) is 6.88. The van der Waals surface area contributed by atoms with Gasteiger partial charge >= 0.3 is 0 Å². The van der Waals surface area contributed by atoms with Crippen molar-refractivity contribution in [2.24, 2.45) is 5.73 Å². The van der Waals surface area contributed by atoms with Gasteiger partial charge in [-0.15, -0.1) is 0 Å². The summed E-state index contributed by atoms with van der Waals surface area (Å²) in [5.41, 5.74) is 7.15. The predicted molar refractivity (Wildman–Crippen MR) is 72.6 cm³/mol. The molecular formula is C11H22N4OS. The fraction of sp³-hybridized carbons (Fsp3) is 0.727. The van der Waals surface area contributed by atoms with E-state index in [0.717, 1.165) is 30.3 Å². The Bertz CT molecular complexity index is 340. The van der Waals surface area contributed by atoms with Crippen LogP contribution in [0.15, 0.2) is 6.20 Å². The van der Waals surface area contributed by atoms with Crippen molar-refractivity contribution < 1.29 is 4.74 Å². The van der Waals surface area contributed by atoms with Gasteiger partial charge in [-0.05, 0) is 20.4 Å². The van der Waals surface area contributed by atoms with Gasteiger partial charge in [-0.2, -0.15) is 16.9 Å². The molecule has 0 amide bonds. The van der Waals surface area contributed by atoms with E-state index in [4.69, 9.17) is 10.5 Å². The Morgan fingerprint density at radius 1 is 1.59 bits per heavy atom. The lowest BCUT2D eigenvalue weighted by Gasteiger charge is -2.16. The molecule has 0 fully saturated rings. The number of nitrogens with two attached hydrogens (primary N) is 1. The van der Waals surface area contributed by atoms with Gasteiger partial charge in [0, 0.05) is 12.3 Å². The molecule has 0 radical (unpaired) electrons. The summed E-state index contributed by atoms with van der Waals surface area (Å²) in [5.74, 6) is 1.65. The second-order valence-electron chi connectivity index (χ2n) is 4.19. The largest absolute Gasteiger partial charge is 0.493 e. The lowest BCUT2D eigenvalue weighted by Crippen LogP contribution is -2.24. The minimum atomic E-state index is -0.0374. The van der Waals surface area contributed by atoms with E-state index in [2.05, 4.69) is 10.00 Å². The van der Waals surface area contributed by atoms with Gasteiger partial charge < -0.3 is 15.4 Å². The molecular weight excluding hydrogens is 236 g/mol. The molecule has 98 valence electrons. The third-order valence-corrected chi connectivity index (χ3v) is 3.21. The molecule has 1 heterocycles. The Morgan fingerprint density at radius 2 is 2.29 bits per heavy atom. The number of ether oxygens (including phenoxy) is 1. The zero-order valence-corrected chi connectivity index (χ0v) is 11.8. The van der Waals surface area contributed by atoms with Gasteiger partial charge in [-0.3, -0.25) is 4.68 Å². The Kier molecular flexibility index (Phi) is 5.80. The predicted octanol–water partition coefficient (Wildman–Crippen LogP) is 0.816. The minimum absolute atomic E-state index is 0.0374. The summed E-state index contributed by atoms with van der Waals surface area (Å²) in [7, 11) is 5.74. The topological polar surface area (TPSA) is 56.3 Å². The van der Waals surface area contributed by atoms with Crippen LogP contribution in [0.1, 0.15) is 11.7 Å². The molecule has 1 atom stereocenters. The number of nitrogens with zero attached hydrogens (tertiary/aromatic N) is 3. The van der Waals surface area contributed by atoms with E-state index < -0.39 is 0 Å². The highest BCUT2D eigenvalue weighted by Gasteiger charge is 2.18. The van der Waals surface area contributed by atoms with Crippen LogP contribution in [-0.4, -0.2) is 54.4 Å². The van der Waals surface area contributed by atoms with E-state index in [1.165, 1.54) is 0 Å². The molecule has 17 heavy (non-hydrogen) atoms. The molecule has 1 unspecified atom stereocenters. The summed E-state index contributed by atoms with van der Waals surface area (Å²) in [4.78, 5) is 2.12. The lowest BCUT2D eigenvalue weighted by molar-refractivity contribution is 0.362. The maximum Gasteiger partial charge on any atom is 0.161 e. The Labute approximate surface area is 107 Å². The molecule has 0 aliphatic heterocycles. The highest BCUT2D eigenvalue weighted by Crippen LogP contribution is 2.25. The second-order valence-corrected chi connectivity index (χ2v) is 5.10. The summed E-state index contributed by atoms with van der Waals surface area (Å²) in [6, 6.07) is -0.0374. The van der Waals surface area contributed by atoms with Crippen LogP contribution in [0.3, 0.4) is 0 Å². The number of hydrogen-bond donors (Lipinski definition) is 1. The molecule has 0 aromatic carbocycles. The minimum Gasteiger partial charge on any atom is -0.493 e. The summed E-state index contributed by atoms with van der Waals surface area (Å²) >= 11 is 1.73. The van der Waals surface area contributed by atoms with Crippen LogP contribution in [0.2, 0.25) is 0 Å². The lowest BCUT2D eigenvalue weighted by atomic mass is 10.2. The van der Waals surface area contributed by atoms with E-state index in [1.807, 2.05) is 25.0 Å². The average molecular weight is 258 g/mol. The van der Waals surface area contributed by atoms with Crippen LogP contribution < -0.4 is 10.5 Å². The Morgan fingerprint density at radius 3 is 2.82 bits per heavy atom. The van der Waals surface area contributed by atoms with Gasteiger partial charge in [0.15, 0.2) is 5.75 Å². The zero-order chi connectivity index (χ0) is 12.8.